The number of hydrogen-bond donors (Lipinski definition) is 2. The van der Waals surface area contributed by atoms with Crippen molar-refractivity contribution in [3.05, 3.63) is 24.0 Å². The molecular formula is C15H21F3N2OS. The van der Waals surface area contributed by atoms with Crippen LogP contribution in [-0.2, 0) is 4.79 Å². The molecular weight excluding hydrogens is 313 g/mol. The molecule has 0 unspecified atom stereocenters. The van der Waals surface area contributed by atoms with Crippen molar-refractivity contribution in [3.63, 3.8) is 0 Å². The Kier molecular flexibility index (Phi) is 9.00. The van der Waals surface area contributed by atoms with Crippen LogP contribution in [0.1, 0.15) is 32.1 Å². The summed E-state index contributed by atoms with van der Waals surface area (Å²) in [6, 6.07) is 3.75. The molecule has 0 aromatic heterocycles. The number of hydrogen-bond acceptors (Lipinski definition) is 3. The second-order valence-corrected chi connectivity index (χ2v) is 5.91. The van der Waals surface area contributed by atoms with E-state index in [0.29, 0.717) is 17.9 Å². The van der Waals surface area contributed by atoms with Gasteiger partial charge in [0.15, 0.2) is 0 Å². The van der Waals surface area contributed by atoms with E-state index in [9.17, 15) is 18.0 Å². The third-order valence-corrected chi connectivity index (χ3v) is 4.02. The largest absolute Gasteiger partial charge is 0.330 e. The lowest BCUT2D eigenvalue weighted by Crippen LogP contribution is -2.12. The molecule has 1 aromatic rings. The maximum atomic E-state index is 13.3. The molecule has 0 spiro atoms. The molecule has 0 fully saturated rings. The molecule has 0 aliphatic heterocycles. The molecule has 0 atom stereocenters. The number of nitrogens with two attached hydrogens (primary N) is 1. The van der Waals surface area contributed by atoms with E-state index in [0.717, 1.165) is 43.5 Å². The van der Waals surface area contributed by atoms with Gasteiger partial charge in [0.25, 0.3) is 0 Å². The number of amides is 1. The van der Waals surface area contributed by atoms with Crippen molar-refractivity contribution in [2.24, 2.45) is 5.73 Å². The number of anilines is 1. The maximum Gasteiger partial charge on any atom is 0.247 e. The van der Waals surface area contributed by atoms with E-state index in [4.69, 9.17) is 5.73 Å². The third kappa shape index (κ3) is 7.70. The van der Waals surface area contributed by atoms with Crippen molar-refractivity contribution in [2.45, 2.75) is 43.4 Å². The Morgan fingerprint density at radius 3 is 2.64 bits per heavy atom. The first-order chi connectivity index (χ1) is 10.5. The van der Waals surface area contributed by atoms with Gasteiger partial charge >= 0.3 is 0 Å². The third-order valence-electron chi connectivity index (χ3n) is 2.94. The highest BCUT2D eigenvalue weighted by Gasteiger charge is 2.11. The van der Waals surface area contributed by atoms with Gasteiger partial charge in [0, 0.05) is 11.3 Å². The SMILES string of the molecule is NCCCCCCC(=O)Nc1cc(F)ccc1SCC(F)F. The summed E-state index contributed by atoms with van der Waals surface area (Å²) in [4.78, 5) is 12.3. The molecule has 0 aliphatic carbocycles. The number of benzene rings is 1. The van der Waals surface area contributed by atoms with Crippen LogP contribution in [0.25, 0.3) is 0 Å². The zero-order valence-electron chi connectivity index (χ0n) is 12.3. The van der Waals surface area contributed by atoms with Crippen LogP contribution in [-0.4, -0.2) is 24.6 Å². The highest BCUT2D eigenvalue weighted by molar-refractivity contribution is 7.99. The quantitative estimate of drug-likeness (QED) is 0.502. The molecule has 0 radical (unpaired) electrons. The van der Waals surface area contributed by atoms with Gasteiger partial charge in [-0.15, -0.1) is 11.8 Å². The Hall–Kier alpha value is -1.21. The fourth-order valence-corrected chi connectivity index (χ4v) is 2.61. The Balaban J connectivity index is 2.51. The van der Waals surface area contributed by atoms with Gasteiger partial charge in [-0.05, 0) is 37.6 Å². The first kappa shape index (κ1) is 18.8. The number of rotatable bonds is 10. The van der Waals surface area contributed by atoms with Crippen LogP contribution in [0, 0.1) is 5.82 Å². The lowest BCUT2D eigenvalue weighted by molar-refractivity contribution is -0.116. The summed E-state index contributed by atoms with van der Waals surface area (Å²) in [6.45, 7) is 0.639. The first-order valence-corrected chi connectivity index (χ1v) is 8.22. The van der Waals surface area contributed by atoms with E-state index in [1.54, 1.807) is 0 Å². The van der Waals surface area contributed by atoms with E-state index in [1.807, 2.05) is 0 Å². The highest BCUT2D eigenvalue weighted by Crippen LogP contribution is 2.29. The summed E-state index contributed by atoms with van der Waals surface area (Å²) in [5.74, 6) is -1.15. The Morgan fingerprint density at radius 1 is 1.23 bits per heavy atom. The zero-order chi connectivity index (χ0) is 16.4. The molecule has 0 saturated heterocycles. The standard InChI is InChI=1S/C15H21F3N2OS/c16-11-6-7-13(22-10-14(17)18)12(9-11)20-15(21)5-3-1-2-4-8-19/h6-7,9,14H,1-5,8,10,19H2,(H,20,21). The van der Waals surface area contributed by atoms with E-state index >= 15 is 0 Å². The summed E-state index contributed by atoms with van der Waals surface area (Å²) in [5.41, 5.74) is 5.63. The van der Waals surface area contributed by atoms with Gasteiger partial charge in [-0.3, -0.25) is 4.79 Å². The Morgan fingerprint density at radius 2 is 1.95 bits per heavy atom. The van der Waals surface area contributed by atoms with Crippen molar-refractivity contribution in [2.75, 3.05) is 17.6 Å². The van der Waals surface area contributed by atoms with Gasteiger partial charge < -0.3 is 11.1 Å². The smallest absolute Gasteiger partial charge is 0.247 e. The first-order valence-electron chi connectivity index (χ1n) is 7.23. The van der Waals surface area contributed by atoms with Gasteiger partial charge in [0.2, 0.25) is 12.3 Å². The van der Waals surface area contributed by atoms with Gasteiger partial charge in [0.1, 0.15) is 5.82 Å². The molecule has 22 heavy (non-hydrogen) atoms. The average molecular weight is 334 g/mol. The molecule has 1 aromatic carbocycles. The van der Waals surface area contributed by atoms with Gasteiger partial charge in [-0.1, -0.05) is 12.8 Å². The summed E-state index contributed by atoms with van der Waals surface area (Å²) in [5, 5.41) is 2.60. The number of alkyl halides is 2. The number of carbonyl (C=O) groups is 1. The van der Waals surface area contributed by atoms with Crippen LogP contribution in [0.5, 0.6) is 0 Å². The summed E-state index contributed by atoms with van der Waals surface area (Å²) in [7, 11) is 0. The number of unbranched alkanes of at least 4 members (excludes halogenated alkanes) is 3. The second-order valence-electron chi connectivity index (χ2n) is 4.84. The normalized spacial score (nSPS) is 11.0. The van der Waals surface area contributed by atoms with Crippen LogP contribution in [0.3, 0.4) is 0 Å². The average Bonchev–Trinajstić information content (AvgIpc) is 2.46. The summed E-state index contributed by atoms with van der Waals surface area (Å²) >= 11 is 0.896. The molecule has 0 aliphatic rings. The van der Waals surface area contributed by atoms with Crippen molar-refractivity contribution in [1.82, 2.24) is 0 Å². The van der Waals surface area contributed by atoms with Crippen LogP contribution in [0.4, 0.5) is 18.9 Å². The van der Waals surface area contributed by atoms with E-state index in [-0.39, 0.29) is 11.6 Å². The van der Waals surface area contributed by atoms with Crippen molar-refractivity contribution in [3.8, 4) is 0 Å². The van der Waals surface area contributed by atoms with E-state index in [1.165, 1.54) is 12.1 Å². The number of halogens is 3. The second kappa shape index (κ2) is 10.5. The Bertz CT molecular complexity index is 472. The van der Waals surface area contributed by atoms with Crippen LogP contribution in [0.2, 0.25) is 0 Å². The van der Waals surface area contributed by atoms with Crippen molar-refractivity contribution in [1.29, 1.82) is 0 Å². The number of thioether (sulfide) groups is 1. The van der Waals surface area contributed by atoms with Crippen LogP contribution >= 0.6 is 11.8 Å². The van der Waals surface area contributed by atoms with E-state index in [2.05, 4.69) is 5.32 Å². The molecule has 124 valence electrons. The fourth-order valence-electron chi connectivity index (χ4n) is 1.87. The minimum Gasteiger partial charge on any atom is -0.330 e. The molecule has 0 heterocycles. The molecule has 7 heteroatoms. The molecule has 0 saturated carbocycles. The molecule has 3 N–H and O–H groups in total. The fraction of sp³-hybridized carbons (Fsp3) is 0.533. The maximum absolute atomic E-state index is 13.3. The Labute approximate surface area is 132 Å². The predicted molar refractivity (Wildman–Crippen MR) is 83.9 cm³/mol. The van der Waals surface area contributed by atoms with E-state index < -0.39 is 18.0 Å². The van der Waals surface area contributed by atoms with Gasteiger partial charge in [-0.25, -0.2) is 13.2 Å². The molecule has 3 nitrogen and oxygen atoms in total. The van der Waals surface area contributed by atoms with Gasteiger partial charge in [0.05, 0.1) is 11.4 Å². The lowest BCUT2D eigenvalue weighted by Gasteiger charge is -2.11. The van der Waals surface area contributed by atoms with Crippen molar-refractivity contribution >= 4 is 23.4 Å². The van der Waals surface area contributed by atoms with Crippen LogP contribution < -0.4 is 11.1 Å². The topological polar surface area (TPSA) is 55.1 Å². The minimum atomic E-state index is -2.46. The molecule has 1 rings (SSSR count). The summed E-state index contributed by atoms with van der Waals surface area (Å²) in [6.07, 6.45) is 1.39. The van der Waals surface area contributed by atoms with Crippen molar-refractivity contribution < 1.29 is 18.0 Å². The minimum absolute atomic E-state index is 0.239. The number of nitrogens with one attached hydrogen (secondary N) is 1. The highest BCUT2D eigenvalue weighted by atomic mass is 32.2. The molecule has 0 bridgehead atoms. The number of carbonyl (C=O) groups excluding carboxylic acids is 1. The zero-order valence-corrected chi connectivity index (χ0v) is 13.1. The summed E-state index contributed by atoms with van der Waals surface area (Å²) < 4.78 is 37.8. The lowest BCUT2D eigenvalue weighted by atomic mass is 10.1. The monoisotopic (exact) mass is 334 g/mol. The van der Waals surface area contributed by atoms with Crippen LogP contribution in [0.15, 0.2) is 23.1 Å². The predicted octanol–water partition coefficient (Wildman–Crippen LogP) is 4.03. The molecule has 1 amide bonds. The van der Waals surface area contributed by atoms with Gasteiger partial charge in [-0.2, -0.15) is 0 Å².